The fraction of sp³-hybridized carbons (Fsp3) is 0.725. The standard InChI is InChI=1S/C51H86N14O18/c52-14-30-28(66)12-26(58)46(76-30)80-42-22(54)10-24(56)44(40(42)72)82-48-38(70)34(60)36(68)32(78-48)16-62-50(74)64-20-5-1-18(2-6-20)9-19-3-7-21(8-4-19)65-51(75)63-17-33-37(69)35(61)39(71)49(79-33)83-45-25(57)11-23(55)43(41(45)73)81-47-27(59)13-29(67)31(15-53)77-47/h1-8,22-49,66-73H,9-17,52-61H2,(H2,62,64,74)(H2,63,65,75). The third-order valence-corrected chi connectivity index (χ3v) is 16.2. The van der Waals surface area contributed by atoms with Gasteiger partial charge in [-0.2, -0.15) is 0 Å². The molecular weight excluding hydrogens is 1100 g/mol. The molecule has 2 saturated carbocycles. The van der Waals surface area contributed by atoms with Crippen LogP contribution in [0.25, 0.3) is 0 Å². The van der Waals surface area contributed by atoms with Crippen molar-refractivity contribution in [3.05, 3.63) is 59.7 Å². The fourth-order valence-corrected chi connectivity index (χ4v) is 11.3. The van der Waals surface area contributed by atoms with Crippen molar-refractivity contribution in [3.63, 3.8) is 0 Å². The average Bonchev–Trinajstić information content (AvgIpc) is 3.49. The van der Waals surface area contributed by atoms with Gasteiger partial charge in [0.2, 0.25) is 0 Å². The topological polar surface area (TPSA) is 578 Å². The Kier molecular flexibility index (Phi) is 22.4. The van der Waals surface area contributed by atoms with Crippen molar-refractivity contribution in [2.75, 3.05) is 36.8 Å². The number of hydrogen-bond acceptors (Lipinski definition) is 28. The van der Waals surface area contributed by atoms with E-state index in [1.807, 2.05) is 0 Å². The summed E-state index contributed by atoms with van der Waals surface area (Å²) in [6.45, 7) is -0.554. The third-order valence-electron chi connectivity index (χ3n) is 16.2. The number of carbonyl (C=O) groups is 2. The zero-order valence-electron chi connectivity index (χ0n) is 45.6. The highest BCUT2D eigenvalue weighted by Crippen LogP contribution is 2.33. The van der Waals surface area contributed by atoms with E-state index in [2.05, 4.69) is 21.3 Å². The number of hydrogen-bond donors (Lipinski definition) is 22. The monoisotopic (exact) mass is 1180 g/mol. The van der Waals surface area contributed by atoms with Crippen LogP contribution in [0.2, 0.25) is 0 Å². The number of benzene rings is 2. The minimum atomic E-state index is -1.58. The second-order valence-electron chi connectivity index (χ2n) is 22.4. The van der Waals surface area contributed by atoms with Gasteiger partial charge in [0.25, 0.3) is 0 Å². The van der Waals surface area contributed by atoms with Crippen LogP contribution in [-0.4, -0.2) is 250 Å². The normalized spacial score (nSPS) is 43.2. The molecule has 32 heteroatoms. The van der Waals surface area contributed by atoms with E-state index in [1.165, 1.54) is 0 Å². The number of nitrogens with two attached hydrogens (primary N) is 10. The largest absolute Gasteiger partial charge is 0.390 e. The number of aliphatic hydroxyl groups is 8. The third kappa shape index (κ3) is 15.6. The summed E-state index contributed by atoms with van der Waals surface area (Å²) in [5.74, 6) is 0. The predicted molar refractivity (Wildman–Crippen MR) is 292 cm³/mol. The molecule has 2 aromatic rings. The Morgan fingerprint density at radius 1 is 0.422 bits per heavy atom. The maximum Gasteiger partial charge on any atom is 0.319 e. The van der Waals surface area contributed by atoms with Gasteiger partial charge in [-0.15, -0.1) is 0 Å². The lowest BCUT2D eigenvalue weighted by Crippen LogP contribution is -2.68. The number of anilines is 2. The van der Waals surface area contributed by atoms with Crippen LogP contribution < -0.4 is 78.6 Å². The summed E-state index contributed by atoms with van der Waals surface area (Å²) in [5.41, 5.74) is 64.2. The highest BCUT2D eigenvalue weighted by molar-refractivity contribution is 5.89. The number of urea groups is 2. The maximum absolute atomic E-state index is 13.1. The van der Waals surface area contributed by atoms with Crippen LogP contribution in [0.4, 0.5) is 21.0 Å². The number of ether oxygens (including phenoxy) is 8. The lowest BCUT2D eigenvalue weighted by molar-refractivity contribution is -0.311. The van der Waals surface area contributed by atoms with E-state index in [0.29, 0.717) is 17.8 Å². The number of rotatable bonds is 18. The molecule has 2 aromatic carbocycles. The fourth-order valence-electron chi connectivity index (χ4n) is 11.3. The van der Waals surface area contributed by atoms with Gasteiger partial charge in [0.05, 0.1) is 60.8 Å². The molecule has 4 aliphatic heterocycles. The molecule has 0 radical (unpaired) electrons. The summed E-state index contributed by atoms with van der Waals surface area (Å²) in [5, 5.41) is 97.9. The molecule has 6 fully saturated rings. The van der Waals surface area contributed by atoms with E-state index in [9.17, 15) is 50.4 Å². The van der Waals surface area contributed by atoms with Gasteiger partial charge in [-0.1, -0.05) is 24.3 Å². The minimum Gasteiger partial charge on any atom is -0.390 e. The first-order chi connectivity index (χ1) is 39.4. The molecule has 2 aliphatic carbocycles. The Morgan fingerprint density at radius 2 is 0.735 bits per heavy atom. The molecular formula is C51H86N14O18. The molecule has 28 unspecified atom stereocenters. The van der Waals surface area contributed by atoms with Crippen LogP contribution in [0.5, 0.6) is 0 Å². The van der Waals surface area contributed by atoms with Gasteiger partial charge in [0.15, 0.2) is 25.2 Å². The zero-order chi connectivity index (χ0) is 60.1. The number of carbonyl (C=O) groups excluding carboxylic acids is 2. The predicted octanol–water partition coefficient (Wildman–Crippen LogP) is -9.03. The van der Waals surface area contributed by atoms with Crippen molar-refractivity contribution in [1.82, 2.24) is 10.6 Å². The summed E-state index contributed by atoms with van der Waals surface area (Å²) in [6, 6.07) is 5.26. The first-order valence-electron chi connectivity index (χ1n) is 27.9. The van der Waals surface area contributed by atoms with Crippen LogP contribution in [0.15, 0.2) is 48.5 Å². The molecule has 4 heterocycles. The van der Waals surface area contributed by atoms with Crippen LogP contribution in [0.3, 0.4) is 0 Å². The van der Waals surface area contributed by atoms with E-state index in [4.69, 9.17) is 95.2 Å². The summed E-state index contributed by atoms with van der Waals surface area (Å²) in [6.07, 6.45) is -23.5. The Balaban J connectivity index is 0.768. The molecule has 28 atom stereocenters. The molecule has 4 amide bonds. The van der Waals surface area contributed by atoms with Crippen molar-refractivity contribution in [1.29, 1.82) is 0 Å². The summed E-state index contributed by atoms with van der Waals surface area (Å²) in [7, 11) is 0. The zero-order valence-corrected chi connectivity index (χ0v) is 45.6. The Bertz CT molecular complexity index is 2230. The average molecular weight is 1180 g/mol. The summed E-state index contributed by atoms with van der Waals surface area (Å²) < 4.78 is 47.4. The summed E-state index contributed by atoms with van der Waals surface area (Å²) >= 11 is 0. The second-order valence-corrected chi connectivity index (χ2v) is 22.4. The van der Waals surface area contributed by atoms with E-state index in [1.54, 1.807) is 48.5 Å². The molecule has 83 heavy (non-hydrogen) atoms. The lowest BCUT2D eigenvalue weighted by atomic mass is 9.84. The second kappa shape index (κ2) is 28.6. The van der Waals surface area contributed by atoms with Crippen LogP contribution >= 0.6 is 0 Å². The van der Waals surface area contributed by atoms with Gasteiger partial charge in [-0.05, 0) is 67.5 Å². The van der Waals surface area contributed by atoms with Crippen LogP contribution in [0, 0.1) is 0 Å². The maximum atomic E-state index is 13.1. The molecule has 4 saturated heterocycles. The van der Waals surface area contributed by atoms with Gasteiger partial charge >= 0.3 is 12.1 Å². The van der Waals surface area contributed by atoms with E-state index in [-0.39, 0.29) is 51.9 Å². The molecule has 6 aliphatic rings. The molecule has 0 bridgehead atoms. The van der Waals surface area contributed by atoms with Crippen molar-refractivity contribution < 1.29 is 88.3 Å². The molecule has 32 N–H and O–H groups in total. The van der Waals surface area contributed by atoms with Crippen molar-refractivity contribution >= 4 is 23.4 Å². The van der Waals surface area contributed by atoms with Gasteiger partial charge in [-0.3, -0.25) is 0 Å². The Morgan fingerprint density at radius 3 is 1.06 bits per heavy atom. The SMILES string of the molecule is NCC1OC(OC2C(N)CC(N)C(OC3OC(CNC(=O)Nc4ccc(Cc5ccc(NC(=O)NCC6OC(OC7C(N)CC(N)C(OC8OC(CN)C(O)CC8N)C7O)C(O)C(N)C6O)cc5)cc4)C(O)C(N)C3O)C2O)C(N)CC1O. The van der Waals surface area contributed by atoms with Crippen molar-refractivity contribution in [3.8, 4) is 0 Å². The van der Waals surface area contributed by atoms with E-state index >= 15 is 0 Å². The van der Waals surface area contributed by atoms with Gasteiger partial charge < -0.3 is 157 Å². The Labute approximate surface area is 478 Å². The highest BCUT2D eigenvalue weighted by Gasteiger charge is 2.53. The van der Waals surface area contributed by atoms with E-state index in [0.717, 1.165) is 11.1 Å². The van der Waals surface area contributed by atoms with Crippen molar-refractivity contribution in [2.24, 2.45) is 57.3 Å². The van der Waals surface area contributed by atoms with Gasteiger partial charge in [0, 0.05) is 61.7 Å². The van der Waals surface area contributed by atoms with Gasteiger partial charge in [-0.25, -0.2) is 9.59 Å². The minimum absolute atomic E-state index is 0.00313. The molecule has 8 rings (SSSR count). The number of amides is 4. The van der Waals surface area contributed by atoms with Gasteiger partial charge in [0.1, 0.15) is 61.0 Å². The molecule has 0 aromatic heterocycles. The lowest BCUT2D eigenvalue weighted by Gasteiger charge is -2.48. The van der Waals surface area contributed by atoms with Crippen LogP contribution in [0.1, 0.15) is 36.8 Å². The smallest absolute Gasteiger partial charge is 0.319 e. The quantitative estimate of drug-likeness (QED) is 0.0659. The number of nitrogens with one attached hydrogen (secondary N) is 4. The van der Waals surface area contributed by atoms with E-state index < -0.39 is 183 Å². The highest BCUT2D eigenvalue weighted by atomic mass is 16.7. The summed E-state index contributed by atoms with van der Waals surface area (Å²) in [4.78, 5) is 26.1. The molecule has 32 nitrogen and oxygen atoms in total. The van der Waals surface area contributed by atoms with Crippen molar-refractivity contribution in [2.45, 2.75) is 203 Å². The number of aliphatic hydroxyl groups excluding tert-OH is 8. The molecule has 468 valence electrons. The molecule has 0 spiro atoms. The Hall–Kier alpha value is -4.06. The van der Waals surface area contributed by atoms with Crippen LogP contribution in [-0.2, 0) is 44.3 Å². The first-order valence-corrected chi connectivity index (χ1v) is 27.9. The first kappa shape index (κ1) is 64.9.